The van der Waals surface area contributed by atoms with Gasteiger partial charge in [0.25, 0.3) is 11.6 Å². The number of carbonyl (C=O) groups is 2. The minimum atomic E-state index is -0.959. The highest BCUT2D eigenvalue weighted by Gasteiger charge is 2.52. The average molecular weight is 516 g/mol. The van der Waals surface area contributed by atoms with Gasteiger partial charge in [0.2, 0.25) is 0 Å². The molecule has 3 aliphatic rings. The molecule has 2 aromatic rings. The Morgan fingerprint density at radius 1 is 1.14 bits per heavy atom. The number of thioether (sulfide) groups is 1. The zero-order valence-electron chi connectivity index (χ0n) is 18.9. The number of nitrogens with one attached hydrogen (secondary N) is 1. The molecule has 1 saturated heterocycles. The molecular weight excluding hydrogens is 490 g/mol. The molecule has 10 heteroatoms. The number of likely N-dealkylation sites (tertiary alicyclic amines) is 1. The normalized spacial score (nSPS) is 27.5. The first-order chi connectivity index (χ1) is 16.8. The monoisotopic (exact) mass is 515 g/mol. The first-order valence-corrected chi connectivity index (χ1v) is 13.1. The number of piperidine rings is 1. The average Bonchev–Trinajstić information content (AvgIpc) is 3.19. The molecule has 2 heterocycles. The highest BCUT2D eigenvalue weighted by molar-refractivity contribution is 8.00. The lowest BCUT2D eigenvalue weighted by molar-refractivity contribution is -0.387. The van der Waals surface area contributed by atoms with Crippen molar-refractivity contribution in [2.75, 3.05) is 18.4 Å². The molecule has 35 heavy (non-hydrogen) atoms. The SMILES string of the molecule is O=C(O)C1Nc2ccc(C(=O)N3CCCCC3)cc2C2C(Cl)C(Sc3ccccc3[N+](=O)[O-])CC12. The summed E-state index contributed by atoms with van der Waals surface area (Å²) in [5.41, 5.74) is 2.12. The lowest BCUT2D eigenvalue weighted by Crippen LogP contribution is -2.43. The number of nitro groups is 1. The molecule has 2 aliphatic heterocycles. The second-order valence-corrected chi connectivity index (χ2v) is 11.2. The van der Waals surface area contributed by atoms with Gasteiger partial charge in [0.15, 0.2) is 0 Å². The van der Waals surface area contributed by atoms with Gasteiger partial charge in [0, 0.05) is 41.6 Å². The van der Waals surface area contributed by atoms with Gasteiger partial charge in [-0.2, -0.15) is 0 Å². The van der Waals surface area contributed by atoms with Gasteiger partial charge in [-0.3, -0.25) is 14.9 Å². The number of nitro benzene ring substituents is 1. The Kier molecular flexibility index (Phi) is 6.63. The molecular formula is C25H26ClN3O5S. The van der Waals surface area contributed by atoms with E-state index < -0.39 is 22.3 Å². The van der Waals surface area contributed by atoms with Crippen molar-refractivity contribution in [1.82, 2.24) is 4.90 Å². The van der Waals surface area contributed by atoms with Gasteiger partial charge in [-0.1, -0.05) is 12.1 Å². The number of fused-ring (bicyclic) bond motifs is 3. The number of rotatable bonds is 5. The lowest BCUT2D eigenvalue weighted by Gasteiger charge is -2.36. The summed E-state index contributed by atoms with van der Waals surface area (Å²) in [5, 5.41) is 23.9. The third-order valence-electron chi connectivity index (χ3n) is 7.31. The standard InChI is InChI=1S/C25H26ClN3O5S/c26-22-20(35-19-7-3-2-6-18(19)29(33)34)13-16-21(22)15-12-14(24(30)28-10-4-1-5-11-28)8-9-17(15)27-23(16)25(31)32/h2-3,6-9,12,16,20-23,27H,1,4-5,10-11,13H2,(H,31,32). The Balaban J connectivity index is 1.47. The van der Waals surface area contributed by atoms with Crippen molar-refractivity contribution in [3.63, 3.8) is 0 Å². The minimum Gasteiger partial charge on any atom is -0.480 e. The van der Waals surface area contributed by atoms with Gasteiger partial charge in [0.05, 0.1) is 15.2 Å². The van der Waals surface area contributed by atoms with Gasteiger partial charge in [0.1, 0.15) is 6.04 Å². The maximum atomic E-state index is 13.1. The molecule has 1 amide bonds. The minimum absolute atomic E-state index is 0.0129. The van der Waals surface area contributed by atoms with Crippen molar-refractivity contribution in [2.45, 2.75) is 53.2 Å². The number of amides is 1. The number of carbonyl (C=O) groups excluding carboxylic acids is 1. The summed E-state index contributed by atoms with van der Waals surface area (Å²) in [5.74, 6) is -1.56. The lowest BCUT2D eigenvalue weighted by atomic mass is 9.79. The fourth-order valence-electron chi connectivity index (χ4n) is 5.64. The van der Waals surface area contributed by atoms with Gasteiger partial charge in [-0.15, -0.1) is 23.4 Å². The summed E-state index contributed by atoms with van der Waals surface area (Å²) in [6.45, 7) is 1.49. The maximum absolute atomic E-state index is 13.1. The van der Waals surface area contributed by atoms with E-state index >= 15 is 0 Å². The fourth-order valence-corrected chi connectivity index (χ4v) is 7.59. The Labute approximate surface area is 212 Å². The van der Waals surface area contributed by atoms with Crippen molar-refractivity contribution in [3.05, 3.63) is 63.7 Å². The van der Waals surface area contributed by atoms with Crippen LogP contribution in [0.1, 0.15) is 47.5 Å². The van der Waals surface area contributed by atoms with Gasteiger partial charge >= 0.3 is 5.97 Å². The molecule has 5 unspecified atom stereocenters. The molecule has 0 spiro atoms. The molecule has 5 rings (SSSR count). The number of hydrogen-bond acceptors (Lipinski definition) is 6. The number of halogens is 1. The number of aliphatic carboxylic acids is 1. The van der Waals surface area contributed by atoms with E-state index in [0.717, 1.165) is 37.9 Å². The van der Waals surface area contributed by atoms with Crippen LogP contribution in [-0.2, 0) is 4.79 Å². The van der Waals surface area contributed by atoms with Crippen molar-refractivity contribution in [3.8, 4) is 0 Å². The van der Waals surface area contributed by atoms with Crippen molar-refractivity contribution in [2.24, 2.45) is 5.92 Å². The third kappa shape index (κ3) is 4.47. The molecule has 0 radical (unpaired) electrons. The van der Waals surface area contributed by atoms with Crippen molar-refractivity contribution < 1.29 is 19.6 Å². The quantitative estimate of drug-likeness (QED) is 0.328. The predicted octanol–water partition coefficient (Wildman–Crippen LogP) is 4.97. The smallest absolute Gasteiger partial charge is 0.326 e. The summed E-state index contributed by atoms with van der Waals surface area (Å²) < 4.78 is 0. The Hall–Kier alpha value is -2.78. The molecule has 1 aliphatic carbocycles. The Morgan fingerprint density at radius 2 is 1.89 bits per heavy atom. The number of benzene rings is 2. The predicted molar refractivity (Wildman–Crippen MR) is 134 cm³/mol. The van der Waals surface area contributed by atoms with Crippen LogP contribution in [0.25, 0.3) is 0 Å². The van der Waals surface area contributed by atoms with E-state index in [2.05, 4.69) is 5.32 Å². The second kappa shape index (κ2) is 9.70. The van der Waals surface area contributed by atoms with Crippen LogP contribution in [0.5, 0.6) is 0 Å². The largest absolute Gasteiger partial charge is 0.480 e. The van der Waals surface area contributed by atoms with Gasteiger partial charge in [-0.25, -0.2) is 4.79 Å². The first-order valence-electron chi connectivity index (χ1n) is 11.8. The molecule has 2 aromatic carbocycles. The molecule has 2 N–H and O–H groups in total. The molecule has 8 nitrogen and oxygen atoms in total. The Morgan fingerprint density at radius 3 is 2.60 bits per heavy atom. The fraction of sp³-hybridized carbons (Fsp3) is 0.440. The first kappa shape index (κ1) is 23.9. The molecule has 5 atom stereocenters. The number of carboxylic acids is 1. The number of anilines is 1. The van der Waals surface area contributed by atoms with Crippen LogP contribution in [0, 0.1) is 16.0 Å². The summed E-state index contributed by atoms with van der Waals surface area (Å²) in [6.07, 6.45) is 3.61. The highest BCUT2D eigenvalue weighted by atomic mass is 35.5. The summed E-state index contributed by atoms with van der Waals surface area (Å²) in [4.78, 5) is 38.8. The van der Waals surface area contributed by atoms with E-state index in [-0.39, 0.29) is 28.7 Å². The Bertz CT molecular complexity index is 1170. The second-order valence-electron chi connectivity index (χ2n) is 9.37. The van der Waals surface area contributed by atoms with Gasteiger partial charge < -0.3 is 15.3 Å². The van der Waals surface area contributed by atoms with E-state index in [0.29, 0.717) is 22.6 Å². The van der Waals surface area contributed by atoms with Crippen LogP contribution in [0.3, 0.4) is 0 Å². The van der Waals surface area contributed by atoms with E-state index in [1.165, 1.54) is 17.8 Å². The molecule has 0 bridgehead atoms. The third-order valence-corrected chi connectivity index (χ3v) is 9.42. The van der Waals surface area contributed by atoms with E-state index in [4.69, 9.17) is 11.6 Å². The van der Waals surface area contributed by atoms with E-state index in [1.54, 1.807) is 30.3 Å². The highest BCUT2D eigenvalue weighted by Crippen LogP contribution is 2.55. The number of hydrogen-bond donors (Lipinski definition) is 2. The summed E-state index contributed by atoms with van der Waals surface area (Å²) in [6, 6.07) is 11.1. The van der Waals surface area contributed by atoms with Crippen LogP contribution < -0.4 is 5.32 Å². The summed E-state index contributed by atoms with van der Waals surface area (Å²) in [7, 11) is 0. The van der Waals surface area contributed by atoms with Crippen molar-refractivity contribution >= 4 is 46.6 Å². The molecule has 184 valence electrons. The van der Waals surface area contributed by atoms with Crippen molar-refractivity contribution in [1.29, 1.82) is 0 Å². The van der Waals surface area contributed by atoms with Crippen LogP contribution in [0.15, 0.2) is 47.4 Å². The molecule has 0 aromatic heterocycles. The van der Waals surface area contributed by atoms with E-state index in [1.807, 2.05) is 11.0 Å². The van der Waals surface area contributed by atoms with Crippen LogP contribution >= 0.6 is 23.4 Å². The summed E-state index contributed by atoms with van der Waals surface area (Å²) >= 11 is 8.34. The number of para-hydroxylation sites is 1. The molecule has 2 fully saturated rings. The number of alkyl halides is 1. The van der Waals surface area contributed by atoms with Crippen LogP contribution in [0.4, 0.5) is 11.4 Å². The zero-order valence-corrected chi connectivity index (χ0v) is 20.5. The maximum Gasteiger partial charge on any atom is 0.326 e. The number of carboxylic acid groups (broad SMARTS) is 1. The van der Waals surface area contributed by atoms with E-state index in [9.17, 15) is 24.8 Å². The van der Waals surface area contributed by atoms with Gasteiger partial charge in [-0.05, 0) is 61.4 Å². The number of nitrogens with zero attached hydrogens (tertiary/aromatic N) is 2. The topological polar surface area (TPSA) is 113 Å². The van der Waals surface area contributed by atoms with Crippen LogP contribution in [-0.4, -0.2) is 56.6 Å². The zero-order chi connectivity index (χ0) is 24.7. The molecule has 1 saturated carbocycles. The van der Waals surface area contributed by atoms with Crippen LogP contribution in [0.2, 0.25) is 0 Å².